The second kappa shape index (κ2) is 4.85. The van der Waals surface area contributed by atoms with E-state index in [-0.39, 0.29) is 13.1 Å². The number of hydrogen-bond acceptors (Lipinski definition) is 1. The number of hydrogen-bond donors (Lipinski definition) is 1. The minimum absolute atomic E-state index is 0.189. The smallest absolute Gasteiger partial charge is 0.00168 e. The molecule has 0 bridgehead atoms. The Balaban J connectivity index is 3.18. The van der Waals surface area contributed by atoms with Gasteiger partial charge in [-0.1, -0.05) is 72.9 Å². The highest BCUT2D eigenvalue weighted by atomic mass is 31.1. The molecular formula is C14H24NP. The van der Waals surface area contributed by atoms with Crippen molar-refractivity contribution in [3.05, 3.63) is 30.3 Å². The maximum absolute atomic E-state index is 5.96. The summed E-state index contributed by atoms with van der Waals surface area (Å²) in [5.74, 6) is 0. The fraction of sp³-hybridized carbons (Fsp3) is 0.571. The Morgan fingerprint density at radius 3 is 1.88 bits per heavy atom. The third-order valence-corrected chi connectivity index (χ3v) is 6.34. The lowest BCUT2D eigenvalue weighted by atomic mass is 10.2. The molecule has 0 amide bonds. The van der Waals surface area contributed by atoms with Crippen molar-refractivity contribution in [2.75, 3.05) is 6.54 Å². The molecule has 1 aromatic rings. The van der Waals surface area contributed by atoms with E-state index in [0.29, 0.717) is 5.16 Å². The van der Waals surface area contributed by atoms with Gasteiger partial charge in [0.2, 0.25) is 0 Å². The maximum atomic E-state index is 5.96. The molecule has 2 heteroatoms. The molecule has 1 unspecified atom stereocenters. The molecule has 1 atom stereocenters. The third kappa shape index (κ3) is 3.06. The van der Waals surface area contributed by atoms with Crippen LogP contribution < -0.4 is 11.0 Å². The van der Waals surface area contributed by atoms with Crippen LogP contribution in [0.1, 0.15) is 34.6 Å². The van der Waals surface area contributed by atoms with Gasteiger partial charge in [0.1, 0.15) is 0 Å². The number of rotatable bonds is 3. The standard InChI is InChI=1S/C14H24NP/c1-13(2,3)16(14(4,5)11-15)12-9-7-6-8-10-12/h6-10H,11,15H2,1-5H3. The summed E-state index contributed by atoms with van der Waals surface area (Å²) in [6, 6.07) is 10.8. The van der Waals surface area contributed by atoms with E-state index in [1.807, 2.05) is 0 Å². The summed E-state index contributed by atoms with van der Waals surface area (Å²) >= 11 is 0. The van der Waals surface area contributed by atoms with Crippen LogP contribution in [0.3, 0.4) is 0 Å². The summed E-state index contributed by atoms with van der Waals surface area (Å²) in [5, 5.41) is 1.94. The van der Waals surface area contributed by atoms with Gasteiger partial charge in [-0.2, -0.15) is 0 Å². The van der Waals surface area contributed by atoms with Crippen LogP contribution in [0.4, 0.5) is 0 Å². The predicted molar refractivity (Wildman–Crippen MR) is 75.9 cm³/mol. The third-order valence-electron chi connectivity index (χ3n) is 2.79. The molecule has 90 valence electrons. The predicted octanol–water partition coefficient (Wildman–Crippen LogP) is 3.33. The van der Waals surface area contributed by atoms with Gasteiger partial charge in [-0.3, -0.25) is 0 Å². The minimum Gasteiger partial charge on any atom is -0.330 e. The quantitative estimate of drug-likeness (QED) is 0.802. The molecule has 0 heterocycles. The second-order valence-electron chi connectivity index (χ2n) is 5.86. The first-order valence-electron chi connectivity index (χ1n) is 5.84. The van der Waals surface area contributed by atoms with Gasteiger partial charge in [0.15, 0.2) is 0 Å². The van der Waals surface area contributed by atoms with Crippen LogP contribution >= 0.6 is 7.92 Å². The van der Waals surface area contributed by atoms with Crippen LogP contribution in [-0.4, -0.2) is 16.9 Å². The fourth-order valence-electron chi connectivity index (χ4n) is 2.31. The Hall–Kier alpha value is -0.390. The van der Waals surface area contributed by atoms with E-state index in [9.17, 15) is 0 Å². The Kier molecular flexibility index (Phi) is 4.15. The average molecular weight is 237 g/mol. The number of nitrogens with two attached hydrogens (primary N) is 1. The van der Waals surface area contributed by atoms with Crippen molar-refractivity contribution in [3.8, 4) is 0 Å². The molecule has 16 heavy (non-hydrogen) atoms. The van der Waals surface area contributed by atoms with Gasteiger partial charge in [-0.15, -0.1) is 0 Å². The molecule has 0 saturated carbocycles. The molecule has 0 radical (unpaired) electrons. The lowest BCUT2D eigenvalue weighted by molar-refractivity contribution is 0.671. The molecule has 1 rings (SSSR count). The molecule has 0 spiro atoms. The van der Waals surface area contributed by atoms with Crippen molar-refractivity contribution >= 4 is 13.2 Å². The monoisotopic (exact) mass is 237 g/mol. The summed E-state index contributed by atoms with van der Waals surface area (Å²) < 4.78 is 0. The highest BCUT2D eigenvalue weighted by Crippen LogP contribution is 2.57. The van der Waals surface area contributed by atoms with Crippen LogP contribution in [-0.2, 0) is 0 Å². The van der Waals surface area contributed by atoms with Crippen LogP contribution in [0, 0.1) is 0 Å². The highest BCUT2D eigenvalue weighted by Gasteiger charge is 2.37. The molecule has 1 nitrogen and oxygen atoms in total. The second-order valence-corrected chi connectivity index (χ2v) is 9.60. The van der Waals surface area contributed by atoms with E-state index in [2.05, 4.69) is 65.0 Å². The van der Waals surface area contributed by atoms with Gasteiger partial charge < -0.3 is 5.73 Å². The van der Waals surface area contributed by atoms with Crippen LogP contribution in [0.15, 0.2) is 30.3 Å². The van der Waals surface area contributed by atoms with E-state index in [1.54, 1.807) is 0 Å². The SMILES string of the molecule is CC(C)(C)P(c1ccccc1)C(C)(C)CN. The summed E-state index contributed by atoms with van der Waals surface area (Å²) in [6.07, 6.45) is 0. The molecular weight excluding hydrogens is 213 g/mol. The zero-order valence-electron chi connectivity index (χ0n) is 11.1. The molecule has 0 fully saturated rings. The Morgan fingerprint density at radius 2 is 1.50 bits per heavy atom. The summed E-state index contributed by atoms with van der Waals surface area (Å²) in [4.78, 5) is 0. The highest BCUT2D eigenvalue weighted by molar-refractivity contribution is 7.68. The fourth-order valence-corrected chi connectivity index (χ4v) is 6.26. The lowest BCUT2D eigenvalue weighted by Crippen LogP contribution is -2.38. The first-order chi connectivity index (χ1) is 7.29. The zero-order chi connectivity index (χ0) is 12.4. The molecule has 2 N–H and O–H groups in total. The van der Waals surface area contributed by atoms with Gasteiger partial charge in [0.25, 0.3) is 0 Å². The normalized spacial score (nSPS) is 14.9. The van der Waals surface area contributed by atoms with Crippen molar-refractivity contribution in [3.63, 3.8) is 0 Å². The Morgan fingerprint density at radius 1 is 1.00 bits per heavy atom. The van der Waals surface area contributed by atoms with Gasteiger partial charge in [-0.25, -0.2) is 0 Å². The Bertz CT molecular complexity index is 324. The molecule has 0 aromatic heterocycles. The van der Waals surface area contributed by atoms with E-state index in [0.717, 1.165) is 6.54 Å². The van der Waals surface area contributed by atoms with Crippen molar-refractivity contribution in [1.29, 1.82) is 0 Å². The van der Waals surface area contributed by atoms with Gasteiger partial charge in [0.05, 0.1) is 0 Å². The van der Waals surface area contributed by atoms with Crippen LogP contribution in [0.5, 0.6) is 0 Å². The topological polar surface area (TPSA) is 26.0 Å². The van der Waals surface area contributed by atoms with Crippen molar-refractivity contribution < 1.29 is 0 Å². The lowest BCUT2D eigenvalue weighted by Gasteiger charge is -2.43. The first kappa shape index (κ1) is 13.7. The van der Waals surface area contributed by atoms with Crippen molar-refractivity contribution in [1.82, 2.24) is 0 Å². The van der Waals surface area contributed by atoms with Crippen LogP contribution in [0.2, 0.25) is 0 Å². The van der Waals surface area contributed by atoms with E-state index in [4.69, 9.17) is 5.73 Å². The number of benzene rings is 1. The summed E-state index contributed by atoms with van der Waals surface area (Å²) in [7, 11) is -0.265. The summed E-state index contributed by atoms with van der Waals surface area (Å²) in [6.45, 7) is 12.3. The summed E-state index contributed by atoms with van der Waals surface area (Å²) in [5.41, 5.74) is 5.96. The van der Waals surface area contributed by atoms with E-state index in [1.165, 1.54) is 5.30 Å². The zero-order valence-corrected chi connectivity index (χ0v) is 12.0. The van der Waals surface area contributed by atoms with Crippen LogP contribution in [0.25, 0.3) is 0 Å². The Labute approximate surface area is 101 Å². The van der Waals surface area contributed by atoms with Crippen molar-refractivity contribution in [2.45, 2.75) is 44.9 Å². The molecule has 0 aliphatic carbocycles. The largest absolute Gasteiger partial charge is 0.330 e. The van der Waals surface area contributed by atoms with Gasteiger partial charge in [0, 0.05) is 11.7 Å². The first-order valence-corrected chi connectivity index (χ1v) is 7.18. The molecule has 0 saturated heterocycles. The van der Waals surface area contributed by atoms with E-state index >= 15 is 0 Å². The van der Waals surface area contributed by atoms with Gasteiger partial charge >= 0.3 is 0 Å². The average Bonchev–Trinajstić information content (AvgIpc) is 2.17. The minimum atomic E-state index is -0.265. The maximum Gasteiger partial charge on any atom is 0.00168 e. The van der Waals surface area contributed by atoms with E-state index < -0.39 is 0 Å². The molecule has 0 aliphatic heterocycles. The molecule has 0 aliphatic rings. The molecule has 1 aromatic carbocycles. The van der Waals surface area contributed by atoms with Crippen molar-refractivity contribution in [2.24, 2.45) is 5.73 Å². The van der Waals surface area contributed by atoms with Gasteiger partial charge in [-0.05, 0) is 10.5 Å².